The molecule has 3 heterocycles. The minimum Gasteiger partial charge on any atom is -0.207 e. The third-order valence-corrected chi connectivity index (χ3v) is 10.0. The first-order valence-corrected chi connectivity index (χ1v) is 14.0. The summed E-state index contributed by atoms with van der Waals surface area (Å²) in [5.41, 5.74) is 1.13. The van der Waals surface area contributed by atoms with Gasteiger partial charge in [-0.1, -0.05) is 0 Å². The van der Waals surface area contributed by atoms with Crippen molar-refractivity contribution in [3.63, 3.8) is 0 Å². The van der Waals surface area contributed by atoms with Gasteiger partial charge in [0.1, 0.15) is 34.9 Å². The second kappa shape index (κ2) is 8.94. The molecule has 0 radical (unpaired) electrons. The van der Waals surface area contributed by atoms with E-state index in [0.29, 0.717) is 31.3 Å². The van der Waals surface area contributed by atoms with Gasteiger partial charge < -0.3 is 0 Å². The Morgan fingerprint density at radius 1 is 0.308 bits per heavy atom. The van der Waals surface area contributed by atoms with Crippen LogP contribution in [0.4, 0.5) is 26.3 Å². The monoisotopic (exact) mass is 582 g/mol. The Morgan fingerprint density at radius 3 is 0.769 bits per heavy atom. The van der Waals surface area contributed by atoms with Crippen LogP contribution in [0.2, 0.25) is 0 Å². The van der Waals surface area contributed by atoms with Crippen LogP contribution in [-0.2, 0) is 0 Å². The van der Waals surface area contributed by atoms with E-state index in [0.717, 1.165) is 48.5 Å². The van der Waals surface area contributed by atoms with Crippen molar-refractivity contribution in [2.75, 3.05) is 0 Å². The topological polar surface area (TPSA) is 0 Å². The predicted octanol–water partition coefficient (Wildman–Crippen LogP) is 11.2. The lowest BCUT2D eigenvalue weighted by atomic mass is 10.1. The average Bonchev–Trinajstić information content (AvgIpc) is 3.58. The van der Waals surface area contributed by atoms with Crippen LogP contribution in [0.5, 0.6) is 0 Å². The molecule has 192 valence electrons. The van der Waals surface area contributed by atoms with Crippen LogP contribution in [-0.4, -0.2) is 0 Å². The van der Waals surface area contributed by atoms with Gasteiger partial charge in [0, 0.05) is 63.1 Å². The van der Waals surface area contributed by atoms with E-state index in [4.69, 9.17) is 0 Å². The summed E-state index contributed by atoms with van der Waals surface area (Å²) >= 11 is 4.05. The Balaban J connectivity index is 1.55. The predicted molar refractivity (Wildman–Crippen MR) is 149 cm³/mol. The lowest BCUT2D eigenvalue weighted by Crippen LogP contribution is -1.81. The highest BCUT2D eigenvalue weighted by molar-refractivity contribution is 7.29. The minimum absolute atomic E-state index is 0.377. The third-order valence-electron chi connectivity index (χ3n) is 6.37. The molecule has 4 aromatic carbocycles. The second-order valence-electron chi connectivity index (χ2n) is 9.03. The highest BCUT2D eigenvalue weighted by Gasteiger charge is 2.20. The molecule has 0 unspecified atom stereocenters. The maximum atomic E-state index is 14.0. The van der Waals surface area contributed by atoms with Gasteiger partial charge in [0.15, 0.2) is 0 Å². The smallest absolute Gasteiger partial charge is 0.126 e. The van der Waals surface area contributed by atoms with Crippen LogP contribution in [0.1, 0.15) is 0 Å². The number of benzene rings is 4. The lowest BCUT2D eigenvalue weighted by Gasteiger charge is -1.98. The Hall–Kier alpha value is -3.66. The quantitative estimate of drug-likeness (QED) is 0.182. The van der Waals surface area contributed by atoms with Gasteiger partial charge in [-0.3, -0.25) is 0 Å². The van der Waals surface area contributed by atoms with Gasteiger partial charge in [-0.15, -0.1) is 34.0 Å². The molecule has 39 heavy (non-hydrogen) atoms. The number of fused-ring (bicyclic) bond motifs is 6. The van der Waals surface area contributed by atoms with Crippen molar-refractivity contribution in [1.82, 2.24) is 0 Å². The van der Waals surface area contributed by atoms with Gasteiger partial charge in [0.2, 0.25) is 0 Å². The number of thiophene rings is 3. The lowest BCUT2D eigenvalue weighted by molar-refractivity contribution is 0.583. The van der Waals surface area contributed by atoms with Gasteiger partial charge in [0.25, 0.3) is 0 Å². The molecule has 0 nitrogen and oxygen atoms in total. The molecule has 0 spiro atoms. The van der Waals surface area contributed by atoms with Crippen LogP contribution in [0.15, 0.2) is 72.8 Å². The van der Waals surface area contributed by atoms with Gasteiger partial charge in [-0.2, -0.15) is 0 Å². The molecule has 0 saturated heterocycles. The molecule has 0 aliphatic rings. The maximum absolute atomic E-state index is 14.0. The summed E-state index contributed by atoms with van der Waals surface area (Å²) in [7, 11) is 0. The molecule has 0 atom stereocenters. The zero-order chi connectivity index (χ0) is 27.0. The van der Waals surface area contributed by atoms with E-state index >= 15 is 0 Å². The van der Waals surface area contributed by atoms with Crippen molar-refractivity contribution in [2.24, 2.45) is 0 Å². The average molecular weight is 583 g/mol. The van der Waals surface area contributed by atoms with Crippen molar-refractivity contribution in [3.05, 3.63) is 108 Å². The van der Waals surface area contributed by atoms with Gasteiger partial charge in [-0.05, 0) is 71.3 Å². The molecular formula is C30H12F6S3. The van der Waals surface area contributed by atoms with Crippen LogP contribution >= 0.6 is 34.0 Å². The summed E-state index contributed by atoms with van der Waals surface area (Å²) in [6, 6.07) is 15.5. The third kappa shape index (κ3) is 4.21. The van der Waals surface area contributed by atoms with Crippen molar-refractivity contribution >= 4 is 64.3 Å². The Bertz CT molecular complexity index is 1700. The fourth-order valence-electron chi connectivity index (χ4n) is 4.79. The summed E-state index contributed by atoms with van der Waals surface area (Å²) in [5.74, 6) is -4.19. The van der Waals surface area contributed by atoms with Crippen LogP contribution < -0.4 is 0 Å². The molecule has 0 aliphatic heterocycles. The first kappa shape index (κ1) is 24.4. The number of rotatable bonds is 3. The van der Waals surface area contributed by atoms with E-state index in [2.05, 4.69) is 0 Å². The van der Waals surface area contributed by atoms with E-state index < -0.39 is 34.9 Å². The van der Waals surface area contributed by atoms with Gasteiger partial charge in [0.05, 0.1) is 0 Å². The Labute approximate surface area is 229 Å². The van der Waals surface area contributed by atoms with E-state index in [1.54, 1.807) is 0 Å². The minimum atomic E-state index is -0.699. The Morgan fingerprint density at radius 2 is 0.538 bits per heavy atom. The van der Waals surface area contributed by atoms with E-state index in [9.17, 15) is 26.3 Å². The molecule has 0 saturated carbocycles. The van der Waals surface area contributed by atoms with Crippen molar-refractivity contribution in [2.45, 2.75) is 0 Å². The zero-order valence-electron chi connectivity index (χ0n) is 19.4. The molecule has 7 rings (SSSR count). The summed E-state index contributed by atoms with van der Waals surface area (Å²) in [6.07, 6.45) is 0. The molecule has 0 amide bonds. The summed E-state index contributed by atoms with van der Waals surface area (Å²) < 4.78 is 86.7. The maximum Gasteiger partial charge on any atom is 0.126 e. The highest BCUT2D eigenvalue weighted by atomic mass is 32.1. The largest absolute Gasteiger partial charge is 0.207 e. The number of hydrogen-bond acceptors (Lipinski definition) is 3. The zero-order valence-corrected chi connectivity index (χ0v) is 21.9. The number of halogens is 6. The normalized spacial score (nSPS) is 11.8. The van der Waals surface area contributed by atoms with Crippen molar-refractivity contribution < 1.29 is 26.3 Å². The number of hydrogen-bond donors (Lipinski definition) is 0. The second-order valence-corrected chi connectivity index (χ2v) is 12.2. The molecule has 0 N–H and O–H groups in total. The van der Waals surface area contributed by atoms with Gasteiger partial charge in [-0.25, -0.2) is 26.3 Å². The summed E-state index contributed by atoms with van der Waals surface area (Å²) in [5, 5.41) is 2.43. The molecule has 0 fully saturated rings. The fraction of sp³-hybridized carbons (Fsp3) is 0. The first-order chi connectivity index (χ1) is 18.7. The van der Waals surface area contributed by atoms with E-state index in [-0.39, 0.29) is 0 Å². The highest BCUT2D eigenvalue weighted by Crippen LogP contribution is 2.50. The SMILES string of the molecule is Fc1cc(F)cc(-c2cc3c(s2)c2cc(-c4cc(F)cc(F)c4)sc2c2cc(-c4cc(F)cc(F)c4)sc32)c1. The van der Waals surface area contributed by atoms with Crippen molar-refractivity contribution in [3.8, 4) is 31.3 Å². The van der Waals surface area contributed by atoms with Crippen molar-refractivity contribution in [1.29, 1.82) is 0 Å². The fourth-order valence-corrected chi connectivity index (χ4v) is 8.51. The first-order valence-electron chi connectivity index (χ1n) is 11.5. The van der Waals surface area contributed by atoms with Crippen LogP contribution in [0, 0.1) is 34.9 Å². The van der Waals surface area contributed by atoms with Gasteiger partial charge >= 0.3 is 0 Å². The standard InChI is InChI=1S/C30H12F6S3/c31-16-1-13(2-17(32)7-16)25-10-22-28(37-25)23-11-26(14-3-18(33)8-19(34)4-14)39-30(23)24-12-27(38-29(22)24)15-5-20(35)9-21(36)6-15/h1-12H. The van der Waals surface area contributed by atoms with Crippen LogP contribution in [0.3, 0.4) is 0 Å². The Kier molecular flexibility index (Phi) is 5.59. The summed E-state index contributed by atoms with van der Waals surface area (Å²) in [6.45, 7) is 0. The molecule has 7 aromatic rings. The summed E-state index contributed by atoms with van der Waals surface area (Å²) in [4.78, 5) is 1.90. The molecule has 0 bridgehead atoms. The van der Waals surface area contributed by atoms with E-state index in [1.165, 1.54) is 70.4 Å². The van der Waals surface area contributed by atoms with Crippen LogP contribution in [0.25, 0.3) is 61.6 Å². The molecule has 9 heteroatoms. The molecule has 0 aliphatic carbocycles. The van der Waals surface area contributed by atoms with E-state index in [1.807, 2.05) is 18.2 Å². The molecule has 3 aromatic heterocycles. The molecular weight excluding hydrogens is 571 g/mol.